The molecule has 7 nitrogen and oxygen atoms in total. The van der Waals surface area contributed by atoms with Crippen molar-refractivity contribution in [2.45, 2.75) is 26.8 Å². The van der Waals surface area contributed by atoms with E-state index in [1.54, 1.807) is 24.3 Å². The van der Waals surface area contributed by atoms with Crippen LogP contribution in [0, 0.1) is 13.8 Å². The van der Waals surface area contributed by atoms with Gasteiger partial charge in [-0.2, -0.15) is 0 Å². The number of ketones is 1. The molecule has 1 saturated heterocycles. The second-order valence-corrected chi connectivity index (χ2v) is 9.61. The van der Waals surface area contributed by atoms with Gasteiger partial charge in [-0.25, -0.2) is 0 Å². The fourth-order valence-electron chi connectivity index (χ4n) is 4.69. The molecule has 1 amide bonds. The van der Waals surface area contributed by atoms with Gasteiger partial charge in [-0.1, -0.05) is 47.0 Å². The van der Waals surface area contributed by atoms with E-state index < -0.39 is 23.5 Å². The monoisotopic (exact) mass is 555 g/mol. The zero-order valence-corrected chi connectivity index (χ0v) is 23.1. The van der Waals surface area contributed by atoms with E-state index in [1.165, 1.54) is 31.3 Å². The Morgan fingerprint density at radius 3 is 2.34 bits per heavy atom. The van der Waals surface area contributed by atoms with Crippen LogP contribution in [0.5, 0.6) is 17.2 Å². The van der Waals surface area contributed by atoms with Crippen LogP contribution in [0.2, 0.25) is 10.0 Å². The zero-order valence-electron chi connectivity index (χ0n) is 21.6. The molecule has 3 aromatic carbocycles. The third-order valence-electron chi connectivity index (χ3n) is 6.33. The van der Waals surface area contributed by atoms with Gasteiger partial charge in [0.15, 0.2) is 11.5 Å². The minimum atomic E-state index is -0.996. The number of carbonyl (C=O) groups excluding carboxylic acids is 2. The molecule has 1 aliphatic rings. The predicted molar refractivity (Wildman–Crippen MR) is 148 cm³/mol. The van der Waals surface area contributed by atoms with Crippen LogP contribution >= 0.6 is 23.2 Å². The number of amides is 1. The number of aryl methyl sites for hydroxylation is 2. The molecule has 0 saturated carbocycles. The molecule has 1 unspecified atom stereocenters. The number of ether oxygens (including phenoxy) is 3. The highest BCUT2D eigenvalue weighted by atomic mass is 35.5. The molecule has 0 aromatic heterocycles. The number of aliphatic hydroxyl groups is 1. The van der Waals surface area contributed by atoms with Gasteiger partial charge in [-0.15, -0.1) is 0 Å². The van der Waals surface area contributed by atoms with E-state index in [0.29, 0.717) is 29.4 Å². The molecule has 9 heteroatoms. The van der Waals surface area contributed by atoms with E-state index >= 15 is 0 Å². The molecule has 4 rings (SSSR count). The lowest BCUT2D eigenvalue weighted by Crippen LogP contribution is -2.30. The summed E-state index contributed by atoms with van der Waals surface area (Å²) in [5.74, 6) is -1.07. The summed E-state index contributed by atoms with van der Waals surface area (Å²) >= 11 is 12.5. The number of rotatable bonds is 7. The Kier molecular flexibility index (Phi) is 7.90. The Morgan fingerprint density at radius 2 is 1.71 bits per heavy atom. The number of Topliss-reactive ketones (excluding diaryl/α,β-unsaturated/α-hetero) is 1. The van der Waals surface area contributed by atoms with Crippen molar-refractivity contribution >= 4 is 46.3 Å². The predicted octanol–water partition coefficient (Wildman–Crippen LogP) is 6.65. The van der Waals surface area contributed by atoms with E-state index in [-0.39, 0.29) is 26.9 Å². The molecule has 0 aliphatic carbocycles. The molecule has 1 fully saturated rings. The van der Waals surface area contributed by atoms with E-state index in [9.17, 15) is 14.7 Å². The molecule has 1 atom stereocenters. The van der Waals surface area contributed by atoms with Gasteiger partial charge in [0.05, 0.1) is 43.0 Å². The van der Waals surface area contributed by atoms with Crippen molar-refractivity contribution in [3.8, 4) is 17.2 Å². The van der Waals surface area contributed by atoms with E-state index in [1.807, 2.05) is 32.9 Å². The van der Waals surface area contributed by atoms with E-state index in [2.05, 4.69) is 0 Å². The minimum Gasteiger partial charge on any atom is -0.507 e. The molecule has 1 N–H and O–H groups in total. The molecular weight excluding hydrogens is 529 g/mol. The number of methoxy groups -OCH3 is 2. The first kappa shape index (κ1) is 27.4. The third kappa shape index (κ3) is 4.79. The van der Waals surface area contributed by atoms with Crippen molar-refractivity contribution < 1.29 is 28.9 Å². The SMILES string of the molecule is CCOc1cc(C2/C(=C(\O)c3cc(Cl)cc(Cl)c3OC)C(=O)C(=O)N2c2ccc(C)cc2C)ccc1OC. The smallest absolute Gasteiger partial charge is 0.300 e. The van der Waals surface area contributed by atoms with Gasteiger partial charge < -0.3 is 19.3 Å². The van der Waals surface area contributed by atoms with Gasteiger partial charge in [0, 0.05) is 10.7 Å². The Balaban J connectivity index is 2.05. The Bertz CT molecular complexity index is 1470. The van der Waals surface area contributed by atoms with Crippen LogP contribution in [-0.2, 0) is 9.59 Å². The number of hydrogen-bond donors (Lipinski definition) is 1. The molecule has 0 radical (unpaired) electrons. The van der Waals surface area contributed by atoms with Gasteiger partial charge in [-0.05, 0) is 62.2 Å². The quantitative estimate of drug-likeness (QED) is 0.199. The molecular formula is C29H27Cl2NO6. The molecule has 1 aliphatic heterocycles. The van der Waals surface area contributed by atoms with Crippen molar-refractivity contribution in [1.82, 2.24) is 0 Å². The summed E-state index contributed by atoms with van der Waals surface area (Å²) in [5, 5.41) is 11.9. The van der Waals surface area contributed by atoms with Crippen molar-refractivity contribution in [2.24, 2.45) is 0 Å². The largest absolute Gasteiger partial charge is 0.507 e. The first-order valence-electron chi connectivity index (χ1n) is 11.8. The fourth-order valence-corrected chi connectivity index (χ4v) is 5.26. The van der Waals surface area contributed by atoms with Crippen LogP contribution in [0.25, 0.3) is 5.76 Å². The number of anilines is 1. The number of carbonyl (C=O) groups is 2. The summed E-state index contributed by atoms with van der Waals surface area (Å²) in [7, 11) is 2.91. The van der Waals surface area contributed by atoms with Crippen LogP contribution < -0.4 is 19.1 Å². The molecule has 0 spiro atoms. The van der Waals surface area contributed by atoms with Crippen LogP contribution in [0.4, 0.5) is 5.69 Å². The zero-order chi connectivity index (χ0) is 27.7. The molecule has 1 heterocycles. The maximum Gasteiger partial charge on any atom is 0.300 e. The summed E-state index contributed by atoms with van der Waals surface area (Å²) in [4.78, 5) is 28.6. The molecule has 38 heavy (non-hydrogen) atoms. The first-order valence-corrected chi connectivity index (χ1v) is 12.6. The summed E-state index contributed by atoms with van der Waals surface area (Å²) in [6.07, 6.45) is 0. The summed E-state index contributed by atoms with van der Waals surface area (Å²) < 4.78 is 16.6. The second kappa shape index (κ2) is 11.0. The van der Waals surface area contributed by atoms with Crippen molar-refractivity contribution in [1.29, 1.82) is 0 Å². The van der Waals surface area contributed by atoms with Crippen molar-refractivity contribution in [2.75, 3.05) is 25.7 Å². The van der Waals surface area contributed by atoms with Crippen molar-refractivity contribution in [3.63, 3.8) is 0 Å². The Morgan fingerprint density at radius 1 is 0.974 bits per heavy atom. The van der Waals surface area contributed by atoms with Gasteiger partial charge in [0.25, 0.3) is 11.7 Å². The van der Waals surface area contributed by atoms with Gasteiger partial charge in [-0.3, -0.25) is 14.5 Å². The highest BCUT2D eigenvalue weighted by molar-refractivity contribution is 6.52. The van der Waals surface area contributed by atoms with E-state index in [4.69, 9.17) is 37.4 Å². The standard InChI is InChI=1S/C29H27Cl2NO6/c1-6-38-23-12-17(8-10-22(23)36-4)25-24(26(33)19-13-18(30)14-20(31)28(19)37-5)27(34)29(35)32(25)21-9-7-15(2)11-16(21)3/h7-14,25,33H,6H2,1-5H3/b26-24+. The lowest BCUT2D eigenvalue weighted by atomic mass is 9.94. The van der Waals surface area contributed by atoms with Crippen LogP contribution in [-0.4, -0.2) is 37.6 Å². The average molecular weight is 556 g/mol. The second-order valence-electron chi connectivity index (χ2n) is 8.77. The highest BCUT2D eigenvalue weighted by Gasteiger charge is 2.48. The van der Waals surface area contributed by atoms with Gasteiger partial charge in [0.2, 0.25) is 0 Å². The maximum absolute atomic E-state index is 13.6. The maximum atomic E-state index is 13.6. The molecule has 0 bridgehead atoms. The normalized spacial score (nSPS) is 16.6. The number of nitrogens with zero attached hydrogens (tertiary/aromatic N) is 1. The Labute approximate surface area is 231 Å². The summed E-state index contributed by atoms with van der Waals surface area (Å²) in [6.45, 7) is 6.01. The van der Waals surface area contributed by atoms with Gasteiger partial charge in [0.1, 0.15) is 11.5 Å². The lowest BCUT2D eigenvalue weighted by molar-refractivity contribution is -0.132. The first-order chi connectivity index (χ1) is 18.1. The molecule has 198 valence electrons. The molecule has 3 aromatic rings. The number of benzene rings is 3. The number of hydrogen-bond acceptors (Lipinski definition) is 6. The average Bonchev–Trinajstić information content (AvgIpc) is 3.13. The summed E-state index contributed by atoms with van der Waals surface area (Å²) in [5.41, 5.74) is 2.81. The fraction of sp³-hybridized carbons (Fsp3) is 0.241. The lowest BCUT2D eigenvalue weighted by Gasteiger charge is -2.27. The van der Waals surface area contributed by atoms with Crippen LogP contribution in [0.3, 0.4) is 0 Å². The Hall–Kier alpha value is -3.68. The third-order valence-corrected chi connectivity index (χ3v) is 6.83. The van der Waals surface area contributed by atoms with Crippen LogP contribution in [0.15, 0.2) is 54.1 Å². The van der Waals surface area contributed by atoms with Crippen LogP contribution in [0.1, 0.15) is 35.2 Å². The summed E-state index contributed by atoms with van der Waals surface area (Å²) in [6, 6.07) is 12.6. The van der Waals surface area contributed by atoms with Crippen molar-refractivity contribution in [3.05, 3.63) is 86.4 Å². The highest BCUT2D eigenvalue weighted by Crippen LogP contribution is 2.47. The number of halogens is 2. The topological polar surface area (TPSA) is 85.3 Å². The van der Waals surface area contributed by atoms with Gasteiger partial charge >= 0.3 is 0 Å². The number of aliphatic hydroxyl groups excluding tert-OH is 1. The minimum absolute atomic E-state index is 0.0900. The van der Waals surface area contributed by atoms with E-state index in [0.717, 1.165) is 11.1 Å².